The van der Waals surface area contributed by atoms with E-state index in [1.54, 1.807) is 27.0 Å². The second-order valence-electron chi connectivity index (χ2n) is 1.84. The number of esters is 1. The Kier molecular flexibility index (Phi) is 4.54. The Hall–Kier alpha value is -0.860. The highest BCUT2D eigenvalue weighted by atomic mass is 16.5. The smallest absolute Gasteiger partial charge is 0.330 e. The van der Waals surface area contributed by atoms with Crippen LogP contribution in [0.3, 0.4) is 0 Å². The molecule has 0 aliphatic heterocycles. The van der Waals surface area contributed by atoms with Gasteiger partial charge in [0.25, 0.3) is 0 Å². The molecule has 3 nitrogen and oxygen atoms in total. The summed E-state index contributed by atoms with van der Waals surface area (Å²) in [4.78, 5) is 14.6. The van der Waals surface area contributed by atoms with E-state index in [0.29, 0.717) is 6.61 Å². The number of carbonyl (C=O) groups excluding carboxylic acids is 1. The van der Waals surface area contributed by atoms with Crippen LogP contribution < -0.4 is 0 Å². The molecule has 0 radical (unpaired) electrons. The molecule has 58 valence electrons. The Morgan fingerprint density at radius 2 is 2.40 bits per heavy atom. The van der Waals surface area contributed by atoms with Crippen LogP contribution in [0.25, 0.3) is 0 Å². The molecule has 0 bridgehead atoms. The molecule has 0 unspecified atom stereocenters. The molecular formula is C7H13NO2. The van der Waals surface area contributed by atoms with E-state index in [2.05, 4.69) is 4.99 Å². The number of ether oxygens (including phenoxy) is 1. The molecule has 0 amide bonds. The lowest BCUT2D eigenvalue weighted by Crippen LogP contribution is -2.17. The molecule has 0 saturated carbocycles. The Bertz CT molecular complexity index is 132. The van der Waals surface area contributed by atoms with Gasteiger partial charge < -0.3 is 4.74 Å². The van der Waals surface area contributed by atoms with Crippen LogP contribution >= 0.6 is 0 Å². The maximum atomic E-state index is 10.8. The molecule has 0 aromatic heterocycles. The van der Waals surface area contributed by atoms with Gasteiger partial charge in [0.05, 0.1) is 6.61 Å². The predicted octanol–water partition coefficient (Wildman–Crippen LogP) is 1.03. The highest BCUT2D eigenvalue weighted by Gasteiger charge is 2.09. The molecule has 0 N–H and O–H groups in total. The molecule has 10 heavy (non-hydrogen) atoms. The van der Waals surface area contributed by atoms with Crippen molar-refractivity contribution in [2.75, 3.05) is 6.61 Å². The summed E-state index contributed by atoms with van der Waals surface area (Å²) in [5, 5.41) is 0. The molecular weight excluding hydrogens is 130 g/mol. The van der Waals surface area contributed by atoms with Crippen molar-refractivity contribution in [1.29, 1.82) is 0 Å². The Morgan fingerprint density at radius 1 is 1.80 bits per heavy atom. The molecule has 1 atom stereocenters. The maximum absolute atomic E-state index is 10.8. The third-order valence-corrected chi connectivity index (χ3v) is 1.00. The zero-order valence-electron chi connectivity index (χ0n) is 6.63. The van der Waals surface area contributed by atoms with Gasteiger partial charge in [-0.15, -0.1) is 0 Å². The minimum Gasteiger partial charge on any atom is -0.464 e. The van der Waals surface area contributed by atoms with Crippen LogP contribution in [0.5, 0.6) is 0 Å². The quantitative estimate of drug-likeness (QED) is 0.437. The summed E-state index contributed by atoms with van der Waals surface area (Å²) in [7, 11) is 0. The van der Waals surface area contributed by atoms with Crippen molar-refractivity contribution < 1.29 is 9.53 Å². The highest BCUT2D eigenvalue weighted by Crippen LogP contribution is 1.91. The minimum atomic E-state index is -0.357. The summed E-state index contributed by atoms with van der Waals surface area (Å²) in [5.74, 6) is -0.263. The van der Waals surface area contributed by atoms with E-state index in [4.69, 9.17) is 4.74 Å². The number of hydrogen-bond acceptors (Lipinski definition) is 3. The van der Waals surface area contributed by atoms with E-state index in [1.807, 2.05) is 0 Å². The lowest BCUT2D eigenvalue weighted by atomic mass is 10.4. The van der Waals surface area contributed by atoms with Gasteiger partial charge in [0, 0.05) is 0 Å². The van der Waals surface area contributed by atoms with Crippen molar-refractivity contribution in [3.63, 3.8) is 0 Å². The normalized spacial score (nSPS) is 13.5. The Balaban J connectivity index is 3.70. The van der Waals surface area contributed by atoms with Crippen molar-refractivity contribution in [1.82, 2.24) is 0 Å². The van der Waals surface area contributed by atoms with Crippen molar-refractivity contribution in [3.8, 4) is 0 Å². The van der Waals surface area contributed by atoms with E-state index in [9.17, 15) is 4.79 Å². The first kappa shape index (κ1) is 9.14. The fourth-order valence-corrected chi connectivity index (χ4v) is 0.547. The monoisotopic (exact) mass is 143 g/mol. The minimum absolute atomic E-state index is 0.263. The van der Waals surface area contributed by atoms with Gasteiger partial charge in [0.2, 0.25) is 0 Å². The fraction of sp³-hybridized carbons (Fsp3) is 0.714. The topological polar surface area (TPSA) is 38.7 Å². The van der Waals surface area contributed by atoms with Crippen LogP contribution in [-0.2, 0) is 9.53 Å². The number of aliphatic imine (C=N–C) groups is 1. The third-order valence-electron chi connectivity index (χ3n) is 1.00. The van der Waals surface area contributed by atoms with Gasteiger partial charge in [-0.1, -0.05) is 0 Å². The molecule has 0 aliphatic carbocycles. The first-order chi connectivity index (χ1) is 4.72. The average Bonchev–Trinajstić information content (AvgIpc) is 1.89. The zero-order chi connectivity index (χ0) is 7.98. The van der Waals surface area contributed by atoms with Gasteiger partial charge in [-0.25, -0.2) is 4.79 Å². The van der Waals surface area contributed by atoms with Crippen LogP contribution in [0.15, 0.2) is 4.99 Å². The maximum Gasteiger partial charge on any atom is 0.330 e. The molecule has 0 rings (SSSR count). The number of hydrogen-bond donors (Lipinski definition) is 0. The zero-order valence-corrected chi connectivity index (χ0v) is 6.63. The molecule has 0 aromatic rings. The van der Waals surface area contributed by atoms with Crippen LogP contribution in [0.1, 0.15) is 20.8 Å². The molecule has 0 saturated heterocycles. The average molecular weight is 143 g/mol. The summed E-state index contributed by atoms with van der Waals surface area (Å²) in [6.45, 7) is 5.68. The van der Waals surface area contributed by atoms with E-state index < -0.39 is 0 Å². The summed E-state index contributed by atoms with van der Waals surface area (Å²) >= 11 is 0. The van der Waals surface area contributed by atoms with Crippen LogP contribution in [-0.4, -0.2) is 24.8 Å². The number of rotatable bonds is 3. The first-order valence-corrected chi connectivity index (χ1v) is 3.36. The van der Waals surface area contributed by atoms with Gasteiger partial charge in [0.1, 0.15) is 6.04 Å². The van der Waals surface area contributed by atoms with Crippen molar-refractivity contribution in [2.45, 2.75) is 26.8 Å². The first-order valence-electron chi connectivity index (χ1n) is 3.36. The lowest BCUT2D eigenvalue weighted by molar-refractivity contribution is -0.144. The highest BCUT2D eigenvalue weighted by molar-refractivity contribution is 5.77. The largest absolute Gasteiger partial charge is 0.464 e. The van der Waals surface area contributed by atoms with Crippen LogP contribution in [0.4, 0.5) is 0 Å². The van der Waals surface area contributed by atoms with Crippen molar-refractivity contribution in [2.24, 2.45) is 4.99 Å². The molecule has 0 spiro atoms. The van der Waals surface area contributed by atoms with Crippen molar-refractivity contribution >= 4 is 12.2 Å². The summed E-state index contributed by atoms with van der Waals surface area (Å²) in [6, 6.07) is -0.357. The molecule has 0 aliphatic rings. The standard InChI is InChI=1S/C7H13NO2/c1-4-8-6(3)7(9)10-5-2/h4,6H,5H2,1-3H3/t6-/m1/s1. The number of carbonyl (C=O) groups is 1. The Morgan fingerprint density at radius 3 is 2.80 bits per heavy atom. The van der Waals surface area contributed by atoms with Crippen molar-refractivity contribution in [3.05, 3.63) is 0 Å². The fourth-order valence-electron chi connectivity index (χ4n) is 0.547. The van der Waals surface area contributed by atoms with Gasteiger partial charge in [-0.05, 0) is 27.0 Å². The predicted molar refractivity (Wildman–Crippen MR) is 40.3 cm³/mol. The summed E-state index contributed by atoms with van der Waals surface area (Å²) in [6.07, 6.45) is 1.60. The Labute approximate surface area is 61.1 Å². The SMILES string of the molecule is CC=N[C@H](C)C(=O)OCC. The number of nitrogens with zero attached hydrogens (tertiary/aromatic N) is 1. The molecule has 3 heteroatoms. The summed E-state index contributed by atoms with van der Waals surface area (Å²) in [5.41, 5.74) is 0. The third kappa shape index (κ3) is 3.22. The van der Waals surface area contributed by atoms with E-state index in [0.717, 1.165) is 0 Å². The second kappa shape index (κ2) is 4.97. The van der Waals surface area contributed by atoms with E-state index >= 15 is 0 Å². The van der Waals surface area contributed by atoms with E-state index in [1.165, 1.54) is 0 Å². The second-order valence-corrected chi connectivity index (χ2v) is 1.84. The molecule has 0 fully saturated rings. The van der Waals surface area contributed by atoms with Crippen LogP contribution in [0.2, 0.25) is 0 Å². The van der Waals surface area contributed by atoms with E-state index in [-0.39, 0.29) is 12.0 Å². The van der Waals surface area contributed by atoms with Gasteiger partial charge in [-0.2, -0.15) is 0 Å². The molecule has 0 aromatic carbocycles. The lowest BCUT2D eigenvalue weighted by Gasteiger charge is -2.03. The van der Waals surface area contributed by atoms with Crippen LogP contribution in [0, 0.1) is 0 Å². The van der Waals surface area contributed by atoms with Gasteiger partial charge in [-0.3, -0.25) is 4.99 Å². The summed E-state index contributed by atoms with van der Waals surface area (Å²) < 4.78 is 4.70. The van der Waals surface area contributed by atoms with Gasteiger partial charge >= 0.3 is 5.97 Å². The van der Waals surface area contributed by atoms with Gasteiger partial charge in [0.15, 0.2) is 0 Å². The molecule has 0 heterocycles.